The zero-order chi connectivity index (χ0) is 19.4. The van der Waals surface area contributed by atoms with E-state index in [1.165, 1.54) is 6.07 Å². The van der Waals surface area contributed by atoms with E-state index < -0.39 is 22.5 Å². The molecule has 0 unspecified atom stereocenters. The average molecular weight is 370 g/mol. The van der Waals surface area contributed by atoms with Crippen molar-refractivity contribution in [3.8, 4) is 22.3 Å². The predicted molar refractivity (Wildman–Crippen MR) is 104 cm³/mol. The lowest BCUT2D eigenvalue weighted by molar-refractivity contribution is 0.497. The second-order valence-corrected chi connectivity index (χ2v) is 6.40. The molecule has 0 bridgehead atoms. The molecule has 0 N–H and O–H groups in total. The maximum Gasteiger partial charge on any atom is 0.347 e. The molecule has 6 heteroatoms. The quantitative estimate of drug-likeness (QED) is 0.474. The molecule has 2 aromatic heterocycles. The number of rotatable bonds is 2. The summed E-state index contributed by atoms with van der Waals surface area (Å²) in [5.41, 5.74) is -0.797. The van der Waals surface area contributed by atoms with Gasteiger partial charge in [-0.05, 0) is 34.4 Å². The maximum absolute atomic E-state index is 12.3. The van der Waals surface area contributed by atoms with Crippen molar-refractivity contribution in [3.05, 3.63) is 102 Å². The fourth-order valence-electron chi connectivity index (χ4n) is 3.57. The Hall–Kier alpha value is -4.06. The summed E-state index contributed by atoms with van der Waals surface area (Å²) in [5.74, 6) is 0. The lowest BCUT2D eigenvalue weighted by Gasteiger charge is -2.07. The highest BCUT2D eigenvalue weighted by Gasteiger charge is 2.23. The maximum atomic E-state index is 12.3. The van der Waals surface area contributed by atoms with Crippen LogP contribution in [0.15, 0.2) is 88.7 Å². The second-order valence-electron chi connectivity index (χ2n) is 6.40. The Morgan fingerprint density at radius 1 is 0.500 bits per heavy atom. The van der Waals surface area contributed by atoms with Crippen LogP contribution in [0.4, 0.5) is 0 Å². The average Bonchev–Trinajstić information content (AvgIpc) is 3.17. The van der Waals surface area contributed by atoms with Crippen LogP contribution in [-0.4, -0.2) is 0 Å². The van der Waals surface area contributed by atoms with Crippen LogP contribution in [0.3, 0.4) is 0 Å². The molecule has 0 radical (unpaired) electrons. The van der Waals surface area contributed by atoms with Crippen molar-refractivity contribution in [2.75, 3.05) is 0 Å². The van der Waals surface area contributed by atoms with Crippen molar-refractivity contribution >= 4 is 21.5 Å². The van der Waals surface area contributed by atoms with Gasteiger partial charge in [0.15, 0.2) is 0 Å². The largest absolute Gasteiger partial charge is 0.386 e. The van der Waals surface area contributed by atoms with Crippen LogP contribution in [0.25, 0.3) is 43.8 Å². The molecule has 5 rings (SSSR count). The minimum Gasteiger partial charge on any atom is -0.386 e. The minimum atomic E-state index is -0.955. The van der Waals surface area contributed by atoms with Crippen LogP contribution < -0.4 is 22.5 Å². The van der Waals surface area contributed by atoms with E-state index in [0.29, 0.717) is 11.1 Å². The summed E-state index contributed by atoms with van der Waals surface area (Å²) in [7, 11) is 0. The molecule has 28 heavy (non-hydrogen) atoms. The van der Waals surface area contributed by atoms with E-state index in [4.69, 9.17) is 4.42 Å². The highest BCUT2D eigenvalue weighted by atomic mass is 16.4. The zero-order valence-electron chi connectivity index (χ0n) is 14.2. The van der Waals surface area contributed by atoms with E-state index in [9.17, 15) is 19.2 Å². The first-order valence-corrected chi connectivity index (χ1v) is 8.44. The molecular weight excluding hydrogens is 360 g/mol. The molecule has 3 aromatic carbocycles. The van der Waals surface area contributed by atoms with Crippen molar-refractivity contribution in [1.82, 2.24) is 0 Å². The first kappa shape index (κ1) is 16.1. The Labute approximate surface area is 155 Å². The molecule has 0 atom stereocenters. The highest BCUT2D eigenvalue weighted by molar-refractivity contribution is 6.12. The van der Waals surface area contributed by atoms with Gasteiger partial charge in [-0.15, -0.1) is 0 Å². The van der Waals surface area contributed by atoms with E-state index >= 15 is 0 Å². The molecule has 0 saturated carbocycles. The first-order chi connectivity index (χ1) is 13.5. The number of hydrogen-bond acceptors (Lipinski definition) is 6. The van der Waals surface area contributed by atoms with Crippen LogP contribution >= 0.6 is 0 Å². The fourth-order valence-corrected chi connectivity index (χ4v) is 3.57. The van der Waals surface area contributed by atoms with Crippen LogP contribution in [-0.2, 0) is 0 Å². The third-order valence-electron chi connectivity index (χ3n) is 4.81. The van der Waals surface area contributed by atoms with E-state index in [-0.39, 0.29) is 21.5 Å². The first-order valence-electron chi connectivity index (χ1n) is 8.44. The Bertz CT molecular complexity index is 1580. The van der Waals surface area contributed by atoms with Gasteiger partial charge in [0.05, 0.1) is 21.5 Å². The summed E-state index contributed by atoms with van der Waals surface area (Å²) >= 11 is 0. The summed E-state index contributed by atoms with van der Waals surface area (Å²) < 4.78 is 9.35. The molecule has 0 aliphatic rings. The monoisotopic (exact) mass is 370 g/mol. The fraction of sp³-hybridized carbons (Fsp3) is 0. The van der Waals surface area contributed by atoms with E-state index in [2.05, 4.69) is 4.42 Å². The van der Waals surface area contributed by atoms with Gasteiger partial charge in [0.1, 0.15) is 0 Å². The second kappa shape index (κ2) is 5.72. The molecule has 0 amide bonds. The van der Waals surface area contributed by atoms with Crippen molar-refractivity contribution < 1.29 is 8.83 Å². The van der Waals surface area contributed by atoms with Crippen molar-refractivity contribution in [3.63, 3.8) is 0 Å². The van der Waals surface area contributed by atoms with Crippen LogP contribution in [0.1, 0.15) is 0 Å². The topological polar surface area (TPSA) is 94.6 Å². The van der Waals surface area contributed by atoms with Gasteiger partial charge in [0.2, 0.25) is 0 Å². The molecular formula is C22H10O6. The van der Waals surface area contributed by atoms with E-state index in [1.807, 2.05) is 48.5 Å². The molecule has 0 aliphatic carbocycles. The van der Waals surface area contributed by atoms with Crippen molar-refractivity contribution in [2.45, 2.75) is 0 Å². The lowest BCUT2D eigenvalue weighted by atomic mass is 9.94. The number of fused-ring (bicyclic) bond motifs is 3. The Morgan fingerprint density at radius 3 is 1.89 bits per heavy atom. The molecule has 0 fully saturated rings. The molecule has 2 heterocycles. The van der Waals surface area contributed by atoms with E-state index in [1.54, 1.807) is 6.07 Å². The SMILES string of the molecule is O=c1oc(=O)c2c1cc(-c1cccc(-c3ccccc3)c1)c1c(=O)oc(=O)c12. The third kappa shape index (κ3) is 2.21. The van der Waals surface area contributed by atoms with Gasteiger partial charge < -0.3 is 8.83 Å². The molecule has 0 saturated heterocycles. The van der Waals surface area contributed by atoms with E-state index in [0.717, 1.165) is 11.1 Å². The molecule has 5 aromatic rings. The van der Waals surface area contributed by atoms with Gasteiger partial charge in [-0.25, -0.2) is 19.2 Å². The van der Waals surface area contributed by atoms with Gasteiger partial charge >= 0.3 is 22.5 Å². The van der Waals surface area contributed by atoms with Crippen molar-refractivity contribution in [2.24, 2.45) is 0 Å². The molecule has 0 spiro atoms. The third-order valence-corrected chi connectivity index (χ3v) is 4.81. The van der Waals surface area contributed by atoms with Gasteiger partial charge in [0, 0.05) is 0 Å². The summed E-state index contributed by atoms with van der Waals surface area (Å²) in [6.45, 7) is 0. The Kier molecular flexibility index (Phi) is 3.30. The lowest BCUT2D eigenvalue weighted by Crippen LogP contribution is -1.99. The zero-order valence-corrected chi connectivity index (χ0v) is 14.2. The van der Waals surface area contributed by atoms with Gasteiger partial charge in [0.25, 0.3) is 0 Å². The summed E-state index contributed by atoms with van der Waals surface area (Å²) in [6.07, 6.45) is 0. The standard InChI is InChI=1S/C22H10O6/c23-19-15-10-14(13-8-4-7-12(9-13)11-5-2-1-3-6-11)16-18(17(15)21(25)27-19)22(26)28-20(16)24/h1-10H. The molecule has 134 valence electrons. The smallest absolute Gasteiger partial charge is 0.347 e. The van der Waals surface area contributed by atoms with Crippen LogP contribution in [0.5, 0.6) is 0 Å². The van der Waals surface area contributed by atoms with Gasteiger partial charge in [-0.1, -0.05) is 48.5 Å². The predicted octanol–water partition coefficient (Wildman–Crippen LogP) is 2.83. The number of benzene rings is 3. The summed E-state index contributed by atoms with van der Waals surface area (Å²) in [6, 6.07) is 18.3. The highest BCUT2D eigenvalue weighted by Crippen LogP contribution is 2.32. The minimum absolute atomic E-state index is 0.0272. The Morgan fingerprint density at radius 2 is 1.11 bits per heavy atom. The molecule has 6 nitrogen and oxygen atoms in total. The van der Waals surface area contributed by atoms with Gasteiger partial charge in [-0.3, -0.25) is 0 Å². The Balaban J connectivity index is 1.91. The van der Waals surface area contributed by atoms with Crippen molar-refractivity contribution in [1.29, 1.82) is 0 Å². The number of furan rings is 2. The summed E-state index contributed by atoms with van der Waals surface area (Å²) in [5, 5.41) is -0.492. The van der Waals surface area contributed by atoms with Gasteiger partial charge in [-0.2, -0.15) is 0 Å². The molecule has 0 aliphatic heterocycles. The van der Waals surface area contributed by atoms with Crippen LogP contribution in [0.2, 0.25) is 0 Å². The normalized spacial score (nSPS) is 11.4. The number of hydrogen-bond donors (Lipinski definition) is 0. The summed E-state index contributed by atoms with van der Waals surface area (Å²) in [4.78, 5) is 48.6. The van der Waals surface area contributed by atoms with Crippen LogP contribution in [0, 0.1) is 0 Å².